The Bertz CT molecular complexity index is 261. The van der Waals surface area contributed by atoms with Crippen LogP contribution < -0.4 is 11.1 Å². The second-order valence-corrected chi connectivity index (χ2v) is 2.36. The van der Waals surface area contributed by atoms with Crippen LogP contribution >= 0.6 is 0 Å². The molecule has 1 heterocycles. The van der Waals surface area contributed by atoms with Crippen LogP contribution in [0.25, 0.3) is 0 Å². The van der Waals surface area contributed by atoms with E-state index in [4.69, 9.17) is 5.73 Å². The molecule has 0 aliphatic carbocycles. The third-order valence-corrected chi connectivity index (χ3v) is 1.37. The van der Waals surface area contributed by atoms with E-state index in [0.29, 0.717) is 5.82 Å². The van der Waals surface area contributed by atoms with Crippen LogP contribution in [-0.2, 0) is 4.79 Å². The monoisotopic (exact) mass is 166 g/mol. The minimum atomic E-state index is -0.417. The van der Waals surface area contributed by atoms with Gasteiger partial charge in [0.15, 0.2) is 0 Å². The first-order valence-electron chi connectivity index (χ1n) is 3.52. The molecule has 0 saturated heterocycles. The van der Waals surface area contributed by atoms with Crippen LogP contribution in [0, 0.1) is 0 Å². The van der Waals surface area contributed by atoms with Crippen molar-refractivity contribution in [3.8, 4) is 0 Å². The highest BCUT2D eigenvalue weighted by Crippen LogP contribution is 1.99. The summed E-state index contributed by atoms with van der Waals surface area (Å²) in [5.74, 6) is 0.185. The number of rotatable bonds is 3. The van der Waals surface area contributed by atoms with Crippen LogP contribution in [0.2, 0.25) is 0 Å². The van der Waals surface area contributed by atoms with Gasteiger partial charge in [0.25, 0.3) is 0 Å². The Morgan fingerprint density at radius 3 is 3.00 bits per heavy atom. The molecule has 0 aliphatic rings. The third-order valence-electron chi connectivity index (χ3n) is 1.37. The Labute approximate surface area is 70.0 Å². The van der Waals surface area contributed by atoms with Crippen molar-refractivity contribution in [1.82, 2.24) is 9.97 Å². The van der Waals surface area contributed by atoms with Crippen LogP contribution in [0.1, 0.15) is 6.92 Å². The van der Waals surface area contributed by atoms with Gasteiger partial charge in [0.2, 0.25) is 5.91 Å². The lowest BCUT2D eigenvalue weighted by Crippen LogP contribution is -2.32. The predicted octanol–water partition coefficient (Wildman–Crippen LogP) is -0.238. The van der Waals surface area contributed by atoms with Crippen molar-refractivity contribution in [3.05, 3.63) is 18.6 Å². The summed E-state index contributed by atoms with van der Waals surface area (Å²) in [6.45, 7) is 1.67. The molecule has 3 N–H and O–H groups in total. The number of nitrogens with two attached hydrogens (primary N) is 1. The van der Waals surface area contributed by atoms with Crippen LogP contribution in [0.4, 0.5) is 5.82 Å². The van der Waals surface area contributed by atoms with Crippen molar-refractivity contribution < 1.29 is 4.79 Å². The number of aromatic nitrogens is 2. The molecule has 0 aromatic carbocycles. The minimum Gasteiger partial charge on any atom is -0.368 e. The minimum absolute atomic E-state index is 0.409. The molecule has 64 valence electrons. The Morgan fingerprint density at radius 1 is 1.75 bits per heavy atom. The van der Waals surface area contributed by atoms with Crippen LogP contribution in [0.5, 0.6) is 0 Å². The van der Waals surface area contributed by atoms with E-state index >= 15 is 0 Å². The zero-order chi connectivity index (χ0) is 8.97. The number of nitrogens with one attached hydrogen (secondary N) is 1. The number of primary amides is 1. The standard InChI is InChI=1S/C7H10N4O/c1-5(7(8)12)11-6-2-3-9-4-10-6/h2-5H,1H3,(H2,8,12)(H,9,10,11). The fraction of sp³-hybridized carbons (Fsp3) is 0.286. The predicted molar refractivity (Wildman–Crippen MR) is 44.3 cm³/mol. The zero-order valence-electron chi connectivity index (χ0n) is 6.69. The number of hydrogen-bond acceptors (Lipinski definition) is 4. The maximum atomic E-state index is 10.6. The summed E-state index contributed by atoms with van der Waals surface area (Å²) in [7, 11) is 0. The topological polar surface area (TPSA) is 80.9 Å². The fourth-order valence-electron chi connectivity index (χ4n) is 0.669. The van der Waals surface area contributed by atoms with Crippen molar-refractivity contribution in [1.29, 1.82) is 0 Å². The van der Waals surface area contributed by atoms with Crippen molar-refractivity contribution in [2.75, 3.05) is 5.32 Å². The first-order chi connectivity index (χ1) is 5.70. The Hall–Kier alpha value is -1.65. The van der Waals surface area contributed by atoms with Gasteiger partial charge in [-0.1, -0.05) is 0 Å². The zero-order valence-corrected chi connectivity index (χ0v) is 6.69. The highest BCUT2D eigenvalue weighted by molar-refractivity contribution is 5.82. The van der Waals surface area contributed by atoms with E-state index in [1.165, 1.54) is 6.33 Å². The van der Waals surface area contributed by atoms with Crippen molar-refractivity contribution in [3.63, 3.8) is 0 Å². The molecule has 5 nitrogen and oxygen atoms in total. The molecule has 12 heavy (non-hydrogen) atoms. The lowest BCUT2D eigenvalue weighted by Gasteiger charge is -2.09. The Balaban J connectivity index is 2.58. The number of amides is 1. The lowest BCUT2D eigenvalue weighted by atomic mass is 10.3. The van der Waals surface area contributed by atoms with Gasteiger partial charge in [-0.2, -0.15) is 0 Å². The number of carbonyl (C=O) groups excluding carboxylic acids is 1. The average molecular weight is 166 g/mol. The number of anilines is 1. The average Bonchev–Trinajstić information content (AvgIpc) is 2.06. The molecular weight excluding hydrogens is 156 g/mol. The SMILES string of the molecule is CC(Nc1ccncn1)C(N)=O. The molecule has 0 fully saturated rings. The quantitative estimate of drug-likeness (QED) is 0.649. The van der Waals surface area contributed by atoms with Gasteiger partial charge in [-0.3, -0.25) is 4.79 Å². The van der Waals surface area contributed by atoms with E-state index in [9.17, 15) is 4.79 Å². The Morgan fingerprint density at radius 2 is 2.50 bits per heavy atom. The molecule has 1 aromatic rings. The second kappa shape index (κ2) is 3.66. The molecule has 0 spiro atoms. The molecule has 0 radical (unpaired) electrons. The van der Waals surface area contributed by atoms with E-state index < -0.39 is 11.9 Å². The highest BCUT2D eigenvalue weighted by Gasteiger charge is 2.07. The molecule has 0 aliphatic heterocycles. The first-order valence-corrected chi connectivity index (χ1v) is 3.52. The van der Waals surface area contributed by atoms with E-state index in [-0.39, 0.29) is 0 Å². The molecule has 1 amide bonds. The van der Waals surface area contributed by atoms with E-state index in [0.717, 1.165) is 0 Å². The summed E-state index contributed by atoms with van der Waals surface area (Å²) < 4.78 is 0. The van der Waals surface area contributed by atoms with Gasteiger partial charge in [0, 0.05) is 6.20 Å². The summed E-state index contributed by atoms with van der Waals surface area (Å²) in [4.78, 5) is 18.2. The van der Waals surface area contributed by atoms with Crippen molar-refractivity contribution in [2.24, 2.45) is 5.73 Å². The maximum Gasteiger partial charge on any atom is 0.239 e. The lowest BCUT2D eigenvalue weighted by molar-refractivity contribution is -0.118. The third kappa shape index (κ3) is 2.19. The molecule has 1 rings (SSSR count). The number of hydrogen-bond donors (Lipinski definition) is 2. The summed E-state index contributed by atoms with van der Waals surface area (Å²) in [5.41, 5.74) is 5.04. The summed E-state index contributed by atoms with van der Waals surface area (Å²) in [6, 6.07) is 1.25. The smallest absolute Gasteiger partial charge is 0.239 e. The van der Waals surface area contributed by atoms with Crippen LogP contribution in [0.15, 0.2) is 18.6 Å². The number of nitrogens with zero attached hydrogens (tertiary/aromatic N) is 2. The van der Waals surface area contributed by atoms with Gasteiger partial charge < -0.3 is 11.1 Å². The molecular formula is C7H10N4O. The first kappa shape index (κ1) is 8.45. The maximum absolute atomic E-state index is 10.6. The summed E-state index contributed by atoms with van der Waals surface area (Å²) in [5, 5.41) is 2.82. The highest BCUT2D eigenvalue weighted by atomic mass is 16.1. The van der Waals surface area contributed by atoms with Gasteiger partial charge in [-0.25, -0.2) is 9.97 Å². The normalized spacial score (nSPS) is 12.1. The molecule has 0 bridgehead atoms. The van der Waals surface area contributed by atoms with Gasteiger partial charge in [-0.15, -0.1) is 0 Å². The van der Waals surface area contributed by atoms with Gasteiger partial charge >= 0.3 is 0 Å². The van der Waals surface area contributed by atoms with Crippen LogP contribution in [-0.4, -0.2) is 21.9 Å². The molecule has 1 atom stereocenters. The summed E-state index contributed by atoms with van der Waals surface area (Å²) in [6.07, 6.45) is 2.99. The molecule has 1 unspecified atom stereocenters. The van der Waals surface area contributed by atoms with Gasteiger partial charge in [-0.05, 0) is 13.0 Å². The van der Waals surface area contributed by atoms with Gasteiger partial charge in [0.05, 0.1) is 0 Å². The number of carbonyl (C=O) groups is 1. The Kier molecular flexibility index (Phi) is 2.57. The second-order valence-electron chi connectivity index (χ2n) is 2.36. The molecule has 1 aromatic heterocycles. The molecule has 0 saturated carbocycles. The van der Waals surface area contributed by atoms with E-state index in [1.54, 1.807) is 19.2 Å². The fourth-order valence-corrected chi connectivity index (χ4v) is 0.669. The van der Waals surface area contributed by atoms with E-state index in [1.807, 2.05) is 0 Å². The van der Waals surface area contributed by atoms with Gasteiger partial charge in [0.1, 0.15) is 18.2 Å². The van der Waals surface area contributed by atoms with Crippen molar-refractivity contribution >= 4 is 11.7 Å². The van der Waals surface area contributed by atoms with Crippen molar-refractivity contribution in [2.45, 2.75) is 13.0 Å². The van der Waals surface area contributed by atoms with Crippen LogP contribution in [0.3, 0.4) is 0 Å². The summed E-state index contributed by atoms with van der Waals surface area (Å²) >= 11 is 0. The molecule has 5 heteroatoms. The van der Waals surface area contributed by atoms with E-state index in [2.05, 4.69) is 15.3 Å². The largest absolute Gasteiger partial charge is 0.368 e.